The number of benzene rings is 1. The number of rotatable bonds is 3. The quantitative estimate of drug-likeness (QED) is 0.679. The van der Waals surface area contributed by atoms with Gasteiger partial charge in [-0.3, -0.25) is 9.58 Å². The minimum Gasteiger partial charge on any atom is -0.296 e. The zero-order valence-electron chi connectivity index (χ0n) is 15.3. The Morgan fingerprint density at radius 3 is 2.78 bits per heavy atom. The van der Waals surface area contributed by atoms with Gasteiger partial charge in [0.25, 0.3) is 0 Å². The number of nitrogens with zero attached hydrogens (tertiary/aromatic N) is 3. The van der Waals surface area contributed by atoms with Crippen molar-refractivity contribution in [3.63, 3.8) is 0 Å². The highest BCUT2D eigenvalue weighted by atomic mass is 32.2. The molecule has 2 aliphatic rings. The highest BCUT2D eigenvalue weighted by Crippen LogP contribution is 2.46. The van der Waals surface area contributed by atoms with Crippen molar-refractivity contribution in [3.8, 4) is 11.1 Å². The molecule has 1 aromatic carbocycles. The highest BCUT2D eigenvalue weighted by Gasteiger charge is 2.50. The van der Waals surface area contributed by atoms with Gasteiger partial charge in [0.1, 0.15) is 0 Å². The van der Waals surface area contributed by atoms with Crippen molar-refractivity contribution in [2.75, 3.05) is 13.1 Å². The molecule has 0 unspecified atom stereocenters. The van der Waals surface area contributed by atoms with Crippen LogP contribution < -0.4 is 0 Å². The van der Waals surface area contributed by atoms with E-state index >= 15 is 0 Å². The Morgan fingerprint density at radius 1 is 1.22 bits per heavy atom. The van der Waals surface area contributed by atoms with Crippen LogP contribution in [0.3, 0.4) is 0 Å². The number of hydrogen-bond donors (Lipinski definition) is 0. The second-order valence-corrected chi connectivity index (χ2v) is 10.7. The van der Waals surface area contributed by atoms with Crippen LogP contribution in [-0.2, 0) is 23.4 Å². The molecule has 0 N–H and O–H groups in total. The first-order chi connectivity index (χ1) is 12.9. The van der Waals surface area contributed by atoms with Crippen LogP contribution in [0, 0.1) is 6.92 Å². The van der Waals surface area contributed by atoms with Crippen molar-refractivity contribution in [3.05, 3.63) is 58.0 Å². The van der Waals surface area contributed by atoms with Gasteiger partial charge in [0.2, 0.25) is 0 Å². The van der Waals surface area contributed by atoms with E-state index in [1.165, 1.54) is 10.4 Å². The topological polar surface area (TPSA) is 55.2 Å². The molecular weight excluding hydrogens is 378 g/mol. The molecule has 2 atom stereocenters. The Labute approximate surface area is 163 Å². The van der Waals surface area contributed by atoms with Crippen LogP contribution in [0.4, 0.5) is 0 Å². The fraction of sp³-hybridized carbons (Fsp3) is 0.350. The van der Waals surface area contributed by atoms with Gasteiger partial charge in [-0.1, -0.05) is 6.07 Å². The van der Waals surface area contributed by atoms with Crippen LogP contribution in [-0.4, -0.2) is 41.4 Å². The second-order valence-electron chi connectivity index (χ2n) is 7.57. The first-order valence-electron chi connectivity index (χ1n) is 9.05. The molecule has 3 aromatic rings. The summed E-state index contributed by atoms with van der Waals surface area (Å²) in [5.41, 5.74) is 4.32. The number of aromatic nitrogens is 2. The van der Waals surface area contributed by atoms with Gasteiger partial charge in [-0.25, -0.2) is 8.42 Å². The van der Waals surface area contributed by atoms with E-state index in [1.54, 1.807) is 22.1 Å². The number of hydrogen-bond acceptors (Lipinski definition) is 5. The Balaban J connectivity index is 1.49. The van der Waals surface area contributed by atoms with Gasteiger partial charge in [0.15, 0.2) is 9.84 Å². The van der Waals surface area contributed by atoms with Crippen LogP contribution in [0.2, 0.25) is 0 Å². The maximum absolute atomic E-state index is 13.1. The first-order valence-corrected chi connectivity index (χ1v) is 11.5. The van der Waals surface area contributed by atoms with E-state index < -0.39 is 9.84 Å². The normalized spacial score (nSPS) is 23.5. The number of likely N-dealkylation sites (tertiary alicyclic amines) is 1. The maximum atomic E-state index is 13.1. The summed E-state index contributed by atoms with van der Waals surface area (Å²) in [5, 5.41) is 6.02. The fourth-order valence-electron chi connectivity index (χ4n) is 4.37. The summed E-state index contributed by atoms with van der Waals surface area (Å²) in [7, 11) is -1.37. The van der Waals surface area contributed by atoms with Crippen LogP contribution in [0.1, 0.15) is 21.9 Å². The average Bonchev–Trinajstić information content (AvgIpc) is 3.38. The summed E-state index contributed by atoms with van der Waals surface area (Å²) in [6.45, 7) is 4.37. The van der Waals surface area contributed by atoms with Crippen LogP contribution in [0.25, 0.3) is 11.1 Å². The van der Waals surface area contributed by atoms with Crippen LogP contribution in [0.15, 0.2) is 46.9 Å². The molecule has 4 heterocycles. The van der Waals surface area contributed by atoms with Gasteiger partial charge >= 0.3 is 0 Å². The van der Waals surface area contributed by atoms with Gasteiger partial charge in [-0.2, -0.15) is 5.10 Å². The van der Waals surface area contributed by atoms with Gasteiger partial charge in [-0.15, -0.1) is 11.3 Å². The van der Waals surface area contributed by atoms with Crippen molar-refractivity contribution in [2.24, 2.45) is 7.05 Å². The molecule has 5 rings (SSSR count). The third-order valence-electron chi connectivity index (χ3n) is 5.83. The number of fused-ring (bicyclic) bond motifs is 3. The van der Waals surface area contributed by atoms with Gasteiger partial charge in [0.05, 0.1) is 16.3 Å². The largest absolute Gasteiger partial charge is 0.296 e. The lowest BCUT2D eigenvalue weighted by Crippen LogP contribution is -2.25. The second kappa shape index (κ2) is 6.02. The minimum atomic E-state index is -3.26. The molecule has 2 aromatic heterocycles. The zero-order valence-corrected chi connectivity index (χ0v) is 16.9. The van der Waals surface area contributed by atoms with E-state index in [0.717, 1.165) is 29.8 Å². The summed E-state index contributed by atoms with van der Waals surface area (Å²) >= 11 is 1.75. The zero-order chi connectivity index (χ0) is 18.8. The fourth-order valence-corrected chi connectivity index (χ4v) is 7.52. The monoisotopic (exact) mass is 399 g/mol. The van der Waals surface area contributed by atoms with Crippen LogP contribution in [0.5, 0.6) is 0 Å². The van der Waals surface area contributed by atoms with Crippen molar-refractivity contribution in [1.29, 1.82) is 0 Å². The molecule has 1 fully saturated rings. The molecule has 140 valence electrons. The molecule has 1 saturated heterocycles. The summed E-state index contributed by atoms with van der Waals surface area (Å²) in [4.78, 5) is 4.15. The Hall–Kier alpha value is -1.96. The summed E-state index contributed by atoms with van der Waals surface area (Å²) in [6, 6.07) is 7.89. The Morgan fingerprint density at radius 2 is 2.07 bits per heavy atom. The predicted molar refractivity (Wildman–Crippen MR) is 107 cm³/mol. The highest BCUT2D eigenvalue weighted by molar-refractivity contribution is 7.92. The number of thiophene rings is 1. The molecular formula is C20H21N3O2S2. The number of sulfone groups is 1. The van der Waals surface area contributed by atoms with E-state index in [0.29, 0.717) is 11.4 Å². The lowest BCUT2D eigenvalue weighted by molar-refractivity contribution is 0.328. The van der Waals surface area contributed by atoms with E-state index in [-0.39, 0.29) is 11.2 Å². The van der Waals surface area contributed by atoms with E-state index in [4.69, 9.17) is 0 Å². The smallest absolute Gasteiger partial charge is 0.183 e. The summed E-state index contributed by atoms with van der Waals surface area (Å²) < 4.78 is 28.0. The third kappa shape index (κ3) is 2.68. The molecule has 2 aliphatic heterocycles. The molecule has 0 spiro atoms. The molecule has 27 heavy (non-hydrogen) atoms. The Kier molecular flexibility index (Phi) is 3.83. The SMILES string of the molecule is Cc1ccsc1CN1C[C@H]2c3cc(-c4cnn(C)c4)ccc3S(=O)(=O)[C@H]2C1. The summed E-state index contributed by atoms with van der Waals surface area (Å²) in [6.07, 6.45) is 3.78. The standard InChI is InChI=1S/C20H21N3O2S2/c1-13-5-6-26-18(13)11-23-10-17-16-7-14(15-8-21-22(2)9-15)3-4-19(16)27(24,25)20(17)12-23/h3-9,17,20H,10-12H2,1-2H3/t17-,20-/m0/s1. The third-order valence-corrected chi connectivity index (χ3v) is 9.10. The summed E-state index contributed by atoms with van der Waals surface area (Å²) in [5.74, 6) is 0.0573. The van der Waals surface area contributed by atoms with Gasteiger partial charge < -0.3 is 0 Å². The molecule has 0 radical (unpaired) electrons. The van der Waals surface area contributed by atoms with Gasteiger partial charge in [-0.05, 0) is 47.2 Å². The Bertz CT molecular complexity index is 1130. The maximum Gasteiger partial charge on any atom is 0.183 e. The van der Waals surface area contributed by atoms with Crippen molar-refractivity contribution in [2.45, 2.75) is 29.5 Å². The lowest BCUT2D eigenvalue weighted by Gasteiger charge is -2.17. The van der Waals surface area contributed by atoms with Crippen LogP contribution >= 0.6 is 11.3 Å². The van der Waals surface area contributed by atoms with Crippen molar-refractivity contribution >= 4 is 21.2 Å². The minimum absolute atomic E-state index is 0.0573. The first kappa shape index (κ1) is 17.2. The van der Waals surface area contributed by atoms with E-state index in [1.807, 2.05) is 25.5 Å². The number of aryl methyl sites for hydroxylation is 2. The van der Waals surface area contributed by atoms with E-state index in [9.17, 15) is 8.42 Å². The average molecular weight is 400 g/mol. The predicted octanol–water partition coefficient (Wildman–Crippen LogP) is 3.21. The molecule has 7 heteroatoms. The van der Waals surface area contributed by atoms with Crippen molar-refractivity contribution < 1.29 is 8.42 Å². The lowest BCUT2D eigenvalue weighted by atomic mass is 9.95. The van der Waals surface area contributed by atoms with Gasteiger partial charge in [0, 0.05) is 49.2 Å². The molecule has 5 nitrogen and oxygen atoms in total. The van der Waals surface area contributed by atoms with Crippen molar-refractivity contribution in [1.82, 2.24) is 14.7 Å². The van der Waals surface area contributed by atoms with E-state index in [2.05, 4.69) is 34.4 Å². The molecule has 0 amide bonds. The molecule has 0 aliphatic carbocycles. The molecule has 0 saturated carbocycles. The molecule has 0 bridgehead atoms.